The molecule has 1 saturated carbocycles. The molecule has 1 amide bonds. The minimum Gasteiger partial charge on any atom is -0.486 e. The Labute approximate surface area is 125 Å². The highest BCUT2D eigenvalue weighted by Gasteiger charge is 2.36. The third-order valence-electron chi connectivity index (χ3n) is 4.94. The van der Waals surface area contributed by atoms with Gasteiger partial charge in [0.2, 0.25) is 5.91 Å². The van der Waals surface area contributed by atoms with E-state index in [2.05, 4.69) is 17.0 Å². The van der Waals surface area contributed by atoms with E-state index in [4.69, 9.17) is 9.47 Å². The maximum atomic E-state index is 12.6. The van der Waals surface area contributed by atoms with E-state index in [1.165, 1.54) is 12.0 Å². The van der Waals surface area contributed by atoms with Crippen LogP contribution >= 0.6 is 0 Å². The Morgan fingerprint density at radius 2 is 1.86 bits per heavy atom. The molecule has 0 aromatic heterocycles. The molecule has 3 aliphatic rings. The van der Waals surface area contributed by atoms with Gasteiger partial charge in [0.05, 0.1) is 6.04 Å². The number of likely N-dealkylation sites (tertiary alicyclic amines) is 1. The number of hydrogen-bond donors (Lipinski definition) is 0. The highest BCUT2D eigenvalue weighted by atomic mass is 16.6. The molecular weight excluding hydrogens is 266 g/mol. The number of benzene rings is 1. The summed E-state index contributed by atoms with van der Waals surface area (Å²) in [5.41, 5.74) is 1.18. The molecule has 0 bridgehead atoms. The highest BCUT2D eigenvalue weighted by Crippen LogP contribution is 2.40. The second-order valence-electron chi connectivity index (χ2n) is 6.22. The van der Waals surface area contributed by atoms with Gasteiger partial charge in [0.25, 0.3) is 0 Å². The Bertz CT molecular complexity index is 553. The molecule has 4 rings (SSSR count). The zero-order valence-electron chi connectivity index (χ0n) is 12.2. The summed E-state index contributed by atoms with van der Waals surface area (Å²) in [4.78, 5) is 14.7. The fraction of sp³-hybridized carbons (Fsp3) is 0.588. The fourth-order valence-electron chi connectivity index (χ4n) is 3.53. The quantitative estimate of drug-likeness (QED) is 0.839. The Kier molecular flexibility index (Phi) is 3.24. The van der Waals surface area contributed by atoms with Gasteiger partial charge in [0.15, 0.2) is 11.5 Å². The lowest BCUT2D eigenvalue weighted by atomic mass is 9.84. The van der Waals surface area contributed by atoms with Crippen molar-refractivity contribution in [2.45, 2.75) is 38.1 Å². The third-order valence-corrected chi connectivity index (χ3v) is 4.94. The molecule has 0 radical (unpaired) electrons. The van der Waals surface area contributed by atoms with Gasteiger partial charge in [-0.2, -0.15) is 0 Å². The van der Waals surface area contributed by atoms with Crippen molar-refractivity contribution in [3.05, 3.63) is 23.8 Å². The third kappa shape index (κ3) is 2.27. The lowest BCUT2D eigenvalue weighted by molar-refractivity contribution is -0.139. The van der Waals surface area contributed by atoms with Crippen LogP contribution in [-0.2, 0) is 4.79 Å². The van der Waals surface area contributed by atoms with Gasteiger partial charge in [-0.05, 0) is 43.4 Å². The van der Waals surface area contributed by atoms with Gasteiger partial charge in [-0.3, -0.25) is 4.79 Å². The number of rotatable bonds is 2. The summed E-state index contributed by atoms with van der Waals surface area (Å²) >= 11 is 0. The number of carbonyl (C=O) groups is 1. The van der Waals surface area contributed by atoms with Crippen LogP contribution in [0.3, 0.4) is 0 Å². The van der Waals surface area contributed by atoms with Gasteiger partial charge in [-0.25, -0.2) is 0 Å². The summed E-state index contributed by atoms with van der Waals surface area (Å²) in [6.07, 6.45) is 5.50. The molecular formula is C17H21NO3. The fourth-order valence-corrected chi connectivity index (χ4v) is 3.53. The predicted molar refractivity (Wildman–Crippen MR) is 78.5 cm³/mol. The molecule has 2 fully saturated rings. The minimum atomic E-state index is 0.217. The summed E-state index contributed by atoms with van der Waals surface area (Å²) in [6, 6.07) is 6.35. The molecule has 21 heavy (non-hydrogen) atoms. The Morgan fingerprint density at radius 1 is 1.05 bits per heavy atom. The molecule has 1 saturated heterocycles. The molecule has 0 spiro atoms. The van der Waals surface area contributed by atoms with E-state index in [-0.39, 0.29) is 12.0 Å². The summed E-state index contributed by atoms with van der Waals surface area (Å²) in [7, 11) is 0. The molecule has 1 aromatic carbocycles. The largest absolute Gasteiger partial charge is 0.486 e. The molecule has 0 N–H and O–H groups in total. The van der Waals surface area contributed by atoms with Crippen molar-refractivity contribution in [3.8, 4) is 11.5 Å². The minimum absolute atomic E-state index is 0.217. The average Bonchev–Trinajstić information content (AvgIpc) is 2.94. The van der Waals surface area contributed by atoms with Gasteiger partial charge in [0, 0.05) is 12.5 Å². The van der Waals surface area contributed by atoms with Crippen molar-refractivity contribution < 1.29 is 14.3 Å². The Morgan fingerprint density at radius 3 is 2.62 bits per heavy atom. The molecule has 1 unspecified atom stereocenters. The van der Waals surface area contributed by atoms with Crippen molar-refractivity contribution in [1.82, 2.24) is 4.90 Å². The molecule has 1 aliphatic carbocycles. The summed E-state index contributed by atoms with van der Waals surface area (Å²) in [6.45, 7) is 2.11. The Balaban J connectivity index is 1.58. The summed E-state index contributed by atoms with van der Waals surface area (Å²) in [5, 5.41) is 0. The number of hydrogen-bond acceptors (Lipinski definition) is 3. The first-order valence-corrected chi connectivity index (χ1v) is 8.03. The van der Waals surface area contributed by atoms with Crippen LogP contribution in [0.25, 0.3) is 0 Å². The first-order chi connectivity index (χ1) is 10.3. The topological polar surface area (TPSA) is 38.8 Å². The Hall–Kier alpha value is -1.71. The highest BCUT2D eigenvalue weighted by molar-refractivity contribution is 5.80. The van der Waals surface area contributed by atoms with E-state index < -0.39 is 0 Å². The SMILES string of the molecule is O=C(C1CCC1)N1CCCC1c1ccc2c(c1)OCCO2. The van der Waals surface area contributed by atoms with Crippen molar-refractivity contribution in [1.29, 1.82) is 0 Å². The van der Waals surface area contributed by atoms with Crippen LogP contribution in [0.4, 0.5) is 0 Å². The molecule has 4 nitrogen and oxygen atoms in total. The number of carbonyl (C=O) groups excluding carboxylic acids is 1. The summed E-state index contributed by atoms with van der Waals surface area (Å²) in [5.74, 6) is 2.28. The van der Waals surface area contributed by atoms with Crippen molar-refractivity contribution in [3.63, 3.8) is 0 Å². The maximum absolute atomic E-state index is 12.6. The second-order valence-corrected chi connectivity index (χ2v) is 6.22. The first-order valence-electron chi connectivity index (χ1n) is 8.03. The molecule has 1 aromatic rings. The number of nitrogens with zero attached hydrogens (tertiary/aromatic N) is 1. The van der Waals surface area contributed by atoms with Crippen molar-refractivity contribution in [2.75, 3.05) is 19.8 Å². The molecule has 4 heteroatoms. The van der Waals surface area contributed by atoms with Gasteiger partial charge >= 0.3 is 0 Å². The zero-order chi connectivity index (χ0) is 14.2. The van der Waals surface area contributed by atoms with E-state index in [0.717, 1.165) is 43.7 Å². The van der Waals surface area contributed by atoms with Crippen molar-refractivity contribution >= 4 is 5.91 Å². The standard InChI is InChI=1S/C17H21NO3/c19-17(12-3-1-4-12)18-8-2-5-14(18)13-6-7-15-16(11-13)21-10-9-20-15/h6-7,11-12,14H,1-5,8-10H2. The van der Waals surface area contributed by atoms with Crippen LogP contribution < -0.4 is 9.47 Å². The van der Waals surface area contributed by atoms with E-state index in [1.807, 2.05) is 6.07 Å². The van der Waals surface area contributed by atoms with Crippen molar-refractivity contribution in [2.24, 2.45) is 5.92 Å². The smallest absolute Gasteiger partial charge is 0.226 e. The van der Waals surface area contributed by atoms with Gasteiger partial charge in [-0.1, -0.05) is 12.5 Å². The lowest BCUT2D eigenvalue weighted by Gasteiger charge is -2.33. The van der Waals surface area contributed by atoms with Gasteiger partial charge < -0.3 is 14.4 Å². The second kappa shape index (κ2) is 5.24. The van der Waals surface area contributed by atoms with E-state index in [9.17, 15) is 4.79 Å². The monoisotopic (exact) mass is 287 g/mol. The average molecular weight is 287 g/mol. The predicted octanol–water partition coefficient (Wildman–Crippen LogP) is 2.92. The molecule has 2 heterocycles. The number of amides is 1. The maximum Gasteiger partial charge on any atom is 0.226 e. The van der Waals surface area contributed by atoms with Crippen LogP contribution in [0, 0.1) is 5.92 Å². The number of fused-ring (bicyclic) bond motifs is 1. The molecule has 2 aliphatic heterocycles. The van der Waals surface area contributed by atoms with Crippen LogP contribution in [0.2, 0.25) is 0 Å². The molecule has 1 atom stereocenters. The first kappa shape index (κ1) is 13.0. The van der Waals surface area contributed by atoms with Crippen LogP contribution in [0.1, 0.15) is 43.7 Å². The van der Waals surface area contributed by atoms with Crippen LogP contribution in [0.15, 0.2) is 18.2 Å². The normalized spacial score (nSPS) is 24.8. The molecule has 112 valence electrons. The number of ether oxygens (including phenoxy) is 2. The van der Waals surface area contributed by atoms with Gasteiger partial charge in [-0.15, -0.1) is 0 Å². The van der Waals surface area contributed by atoms with E-state index in [1.54, 1.807) is 0 Å². The van der Waals surface area contributed by atoms with Gasteiger partial charge in [0.1, 0.15) is 13.2 Å². The zero-order valence-corrected chi connectivity index (χ0v) is 12.2. The lowest BCUT2D eigenvalue weighted by Crippen LogP contribution is -2.38. The van der Waals surface area contributed by atoms with E-state index in [0.29, 0.717) is 19.1 Å². The van der Waals surface area contributed by atoms with Crippen LogP contribution in [-0.4, -0.2) is 30.6 Å². The summed E-state index contributed by atoms with van der Waals surface area (Å²) < 4.78 is 11.2. The van der Waals surface area contributed by atoms with E-state index >= 15 is 0 Å². The van der Waals surface area contributed by atoms with Crippen LogP contribution in [0.5, 0.6) is 11.5 Å².